The number of aromatic nitrogens is 1. The van der Waals surface area contributed by atoms with E-state index in [9.17, 15) is 10.1 Å². The maximum atomic E-state index is 10.5. The molecule has 0 bridgehead atoms. The summed E-state index contributed by atoms with van der Waals surface area (Å²) >= 11 is 0. The average Bonchev–Trinajstić information content (AvgIpc) is 2.46. The SMILES string of the molecule is Cc1ccc(OCCNc2ccc([N+](=O)[O-])cn2)cc1. The van der Waals surface area contributed by atoms with Gasteiger partial charge < -0.3 is 10.1 Å². The molecule has 0 aliphatic heterocycles. The topological polar surface area (TPSA) is 77.3 Å². The molecule has 2 rings (SSSR count). The van der Waals surface area contributed by atoms with Gasteiger partial charge in [-0.15, -0.1) is 0 Å². The van der Waals surface area contributed by atoms with Crippen LogP contribution in [0, 0.1) is 17.0 Å². The van der Waals surface area contributed by atoms with Crippen molar-refractivity contribution in [1.82, 2.24) is 4.98 Å². The van der Waals surface area contributed by atoms with Crippen LogP contribution in [0.2, 0.25) is 0 Å². The average molecular weight is 273 g/mol. The highest BCUT2D eigenvalue weighted by Gasteiger charge is 2.04. The summed E-state index contributed by atoms with van der Waals surface area (Å²) in [5.74, 6) is 1.40. The molecule has 0 spiro atoms. The minimum Gasteiger partial charge on any atom is -0.492 e. The lowest BCUT2D eigenvalue weighted by Gasteiger charge is -2.08. The van der Waals surface area contributed by atoms with Crippen molar-refractivity contribution in [2.45, 2.75) is 6.92 Å². The van der Waals surface area contributed by atoms with Crippen molar-refractivity contribution in [2.24, 2.45) is 0 Å². The first-order valence-electron chi connectivity index (χ1n) is 6.19. The summed E-state index contributed by atoms with van der Waals surface area (Å²) in [7, 11) is 0. The lowest BCUT2D eigenvalue weighted by atomic mass is 10.2. The van der Waals surface area contributed by atoms with Crippen molar-refractivity contribution in [3.05, 3.63) is 58.3 Å². The molecule has 0 atom stereocenters. The van der Waals surface area contributed by atoms with Gasteiger partial charge in [-0.1, -0.05) is 17.7 Å². The van der Waals surface area contributed by atoms with Gasteiger partial charge in [0.2, 0.25) is 0 Å². The smallest absolute Gasteiger partial charge is 0.287 e. The molecule has 0 amide bonds. The molecular formula is C14H15N3O3. The molecule has 0 unspecified atom stereocenters. The number of ether oxygens (including phenoxy) is 1. The predicted molar refractivity (Wildman–Crippen MR) is 76.1 cm³/mol. The Kier molecular flexibility index (Phi) is 4.49. The first-order valence-corrected chi connectivity index (χ1v) is 6.19. The van der Waals surface area contributed by atoms with Gasteiger partial charge in [-0.25, -0.2) is 4.98 Å². The Hall–Kier alpha value is -2.63. The van der Waals surface area contributed by atoms with E-state index in [0.29, 0.717) is 19.0 Å². The monoisotopic (exact) mass is 273 g/mol. The number of pyridine rings is 1. The number of aryl methyl sites for hydroxylation is 1. The van der Waals surface area contributed by atoms with E-state index >= 15 is 0 Å². The fraction of sp³-hybridized carbons (Fsp3) is 0.214. The minimum atomic E-state index is -0.475. The van der Waals surface area contributed by atoms with Crippen LogP contribution in [0.3, 0.4) is 0 Å². The molecule has 0 aliphatic carbocycles. The number of nitrogens with zero attached hydrogens (tertiary/aromatic N) is 2. The minimum absolute atomic E-state index is 0.0218. The molecule has 2 aromatic rings. The van der Waals surface area contributed by atoms with Crippen molar-refractivity contribution in [3.63, 3.8) is 0 Å². The second-order valence-electron chi connectivity index (χ2n) is 4.25. The van der Waals surface area contributed by atoms with Crippen molar-refractivity contribution in [2.75, 3.05) is 18.5 Å². The van der Waals surface area contributed by atoms with E-state index in [1.165, 1.54) is 17.8 Å². The lowest BCUT2D eigenvalue weighted by molar-refractivity contribution is -0.385. The van der Waals surface area contributed by atoms with E-state index in [1.54, 1.807) is 6.07 Å². The molecule has 6 heteroatoms. The van der Waals surface area contributed by atoms with Crippen LogP contribution in [-0.2, 0) is 0 Å². The third-order valence-electron chi connectivity index (χ3n) is 2.66. The number of benzene rings is 1. The predicted octanol–water partition coefficient (Wildman–Crippen LogP) is 2.79. The molecule has 1 aromatic heterocycles. The first kappa shape index (κ1) is 13.8. The molecule has 0 radical (unpaired) electrons. The van der Waals surface area contributed by atoms with Gasteiger partial charge in [0.25, 0.3) is 5.69 Å². The van der Waals surface area contributed by atoms with E-state index in [0.717, 1.165) is 5.75 Å². The van der Waals surface area contributed by atoms with Crippen molar-refractivity contribution >= 4 is 11.5 Å². The van der Waals surface area contributed by atoms with Crippen LogP contribution in [0.5, 0.6) is 5.75 Å². The molecule has 20 heavy (non-hydrogen) atoms. The molecule has 0 saturated heterocycles. The van der Waals surface area contributed by atoms with Gasteiger partial charge in [0.1, 0.15) is 24.4 Å². The molecule has 104 valence electrons. The Bertz CT molecular complexity index is 567. The fourth-order valence-corrected chi connectivity index (χ4v) is 1.58. The summed E-state index contributed by atoms with van der Waals surface area (Å²) in [6.45, 7) is 3.08. The lowest BCUT2D eigenvalue weighted by Crippen LogP contribution is -2.12. The van der Waals surface area contributed by atoms with Crippen LogP contribution in [0.15, 0.2) is 42.6 Å². The van der Waals surface area contributed by atoms with Crippen LogP contribution < -0.4 is 10.1 Å². The van der Waals surface area contributed by atoms with E-state index in [1.807, 2.05) is 31.2 Å². The molecule has 1 heterocycles. The summed E-state index contributed by atoms with van der Waals surface area (Å²) < 4.78 is 5.55. The standard InChI is InChI=1S/C14H15N3O3/c1-11-2-5-13(6-3-11)20-9-8-15-14-7-4-12(10-16-14)17(18)19/h2-7,10H,8-9H2,1H3,(H,15,16). The molecule has 1 N–H and O–H groups in total. The number of anilines is 1. The highest BCUT2D eigenvalue weighted by molar-refractivity contribution is 5.40. The molecule has 1 aromatic carbocycles. The van der Waals surface area contributed by atoms with Crippen LogP contribution in [-0.4, -0.2) is 23.1 Å². The molecule has 0 aliphatic rings. The second kappa shape index (κ2) is 6.51. The van der Waals surface area contributed by atoms with Crippen molar-refractivity contribution in [3.8, 4) is 5.75 Å². The Morgan fingerprint density at radius 1 is 1.25 bits per heavy atom. The zero-order chi connectivity index (χ0) is 14.4. The first-order chi connectivity index (χ1) is 9.65. The van der Waals surface area contributed by atoms with Gasteiger partial charge in [-0.3, -0.25) is 10.1 Å². The van der Waals surface area contributed by atoms with Gasteiger partial charge in [0.05, 0.1) is 11.5 Å². The maximum Gasteiger partial charge on any atom is 0.287 e. The molecule has 6 nitrogen and oxygen atoms in total. The molecule has 0 saturated carbocycles. The summed E-state index contributed by atoms with van der Waals surface area (Å²) in [5.41, 5.74) is 1.16. The van der Waals surface area contributed by atoms with Gasteiger partial charge in [0.15, 0.2) is 0 Å². The Morgan fingerprint density at radius 3 is 2.60 bits per heavy atom. The number of hydrogen-bond acceptors (Lipinski definition) is 5. The summed E-state index contributed by atoms with van der Waals surface area (Å²) in [5, 5.41) is 13.5. The summed E-state index contributed by atoms with van der Waals surface area (Å²) in [6, 6.07) is 10.8. The van der Waals surface area contributed by atoms with Gasteiger partial charge >= 0.3 is 0 Å². The van der Waals surface area contributed by atoms with Crippen LogP contribution >= 0.6 is 0 Å². The Morgan fingerprint density at radius 2 is 2.00 bits per heavy atom. The summed E-state index contributed by atoms with van der Waals surface area (Å²) in [4.78, 5) is 14.0. The third kappa shape index (κ3) is 3.94. The second-order valence-corrected chi connectivity index (χ2v) is 4.25. The maximum absolute atomic E-state index is 10.5. The van der Waals surface area contributed by atoms with Gasteiger partial charge in [-0.2, -0.15) is 0 Å². The normalized spacial score (nSPS) is 10.1. The largest absolute Gasteiger partial charge is 0.492 e. The number of nitro groups is 1. The zero-order valence-electron chi connectivity index (χ0n) is 11.1. The number of hydrogen-bond donors (Lipinski definition) is 1. The highest BCUT2D eigenvalue weighted by atomic mass is 16.6. The van der Waals surface area contributed by atoms with E-state index in [2.05, 4.69) is 10.3 Å². The Labute approximate surface area is 116 Å². The van der Waals surface area contributed by atoms with E-state index in [4.69, 9.17) is 4.74 Å². The Balaban J connectivity index is 1.75. The molecule has 0 fully saturated rings. The van der Waals surface area contributed by atoms with Crippen LogP contribution in [0.1, 0.15) is 5.56 Å². The van der Waals surface area contributed by atoms with Crippen molar-refractivity contribution in [1.29, 1.82) is 0 Å². The van der Waals surface area contributed by atoms with Crippen molar-refractivity contribution < 1.29 is 9.66 Å². The number of nitrogens with one attached hydrogen (secondary N) is 1. The quantitative estimate of drug-likeness (QED) is 0.497. The molecular weight excluding hydrogens is 258 g/mol. The fourth-order valence-electron chi connectivity index (χ4n) is 1.58. The van der Waals surface area contributed by atoms with E-state index in [-0.39, 0.29) is 5.69 Å². The highest BCUT2D eigenvalue weighted by Crippen LogP contribution is 2.12. The van der Waals surface area contributed by atoms with Crippen LogP contribution in [0.25, 0.3) is 0 Å². The zero-order valence-corrected chi connectivity index (χ0v) is 11.1. The number of rotatable bonds is 6. The van der Waals surface area contributed by atoms with Gasteiger partial charge in [0, 0.05) is 6.07 Å². The third-order valence-corrected chi connectivity index (χ3v) is 2.66. The summed E-state index contributed by atoms with van der Waals surface area (Å²) in [6.07, 6.45) is 1.23. The van der Waals surface area contributed by atoms with E-state index < -0.39 is 4.92 Å². The van der Waals surface area contributed by atoms with Gasteiger partial charge in [-0.05, 0) is 25.1 Å². The van der Waals surface area contributed by atoms with Crippen LogP contribution in [0.4, 0.5) is 11.5 Å².